The van der Waals surface area contributed by atoms with Crippen LogP contribution in [-0.4, -0.2) is 24.3 Å². The van der Waals surface area contributed by atoms with Gasteiger partial charge in [-0.05, 0) is 19.1 Å². The van der Waals surface area contributed by atoms with E-state index in [4.69, 9.17) is 5.73 Å². The van der Waals surface area contributed by atoms with Gasteiger partial charge in [0, 0.05) is 36.0 Å². The number of anilines is 1. The van der Waals surface area contributed by atoms with E-state index in [2.05, 4.69) is 26.6 Å². The first-order valence-corrected chi connectivity index (χ1v) is 6.45. The lowest BCUT2D eigenvalue weighted by Gasteiger charge is -2.17. The molecule has 3 aromatic heterocycles. The number of hydrogen-bond acceptors (Lipinski definition) is 4. The molecule has 0 aliphatic carbocycles. The molecule has 1 unspecified atom stereocenters. The van der Waals surface area contributed by atoms with Crippen LogP contribution in [0.1, 0.15) is 13.0 Å². The summed E-state index contributed by atoms with van der Waals surface area (Å²) in [5, 5.41) is 4.23. The third-order valence-electron chi connectivity index (χ3n) is 3.28. The highest BCUT2D eigenvalue weighted by atomic mass is 15.3. The maximum atomic E-state index is 6.02. The second-order valence-electron chi connectivity index (χ2n) is 4.73. The van der Waals surface area contributed by atoms with Crippen LogP contribution in [0.2, 0.25) is 0 Å². The van der Waals surface area contributed by atoms with Crippen molar-refractivity contribution in [3.05, 3.63) is 49.4 Å². The molecule has 0 fully saturated rings. The molecule has 6 nitrogen and oxygen atoms in total. The van der Waals surface area contributed by atoms with Gasteiger partial charge in [0.05, 0.1) is 30.8 Å². The Morgan fingerprint density at radius 3 is 2.90 bits per heavy atom. The summed E-state index contributed by atoms with van der Waals surface area (Å²) < 4.78 is 4.00. The zero-order chi connectivity index (χ0) is 13.9. The average molecular weight is 268 g/mol. The number of aromatic nitrogens is 5. The van der Waals surface area contributed by atoms with Gasteiger partial charge >= 0.3 is 0 Å². The van der Waals surface area contributed by atoms with E-state index in [1.807, 2.05) is 29.5 Å². The van der Waals surface area contributed by atoms with Gasteiger partial charge in [-0.3, -0.25) is 9.67 Å². The van der Waals surface area contributed by atoms with Gasteiger partial charge in [-0.25, -0.2) is 4.98 Å². The van der Waals surface area contributed by atoms with Gasteiger partial charge in [0.25, 0.3) is 0 Å². The van der Waals surface area contributed by atoms with Crippen LogP contribution >= 0.6 is 0 Å². The molecular weight excluding hydrogens is 252 g/mol. The fraction of sp³-hybridized carbons (Fsp3) is 0.214. The van der Waals surface area contributed by atoms with Crippen molar-refractivity contribution in [1.29, 1.82) is 0 Å². The molecule has 0 radical (unpaired) electrons. The Bertz CT molecular complexity index is 685. The largest absolute Gasteiger partial charge is 0.398 e. The minimum atomic E-state index is 0.215. The molecule has 0 saturated heterocycles. The summed E-state index contributed by atoms with van der Waals surface area (Å²) >= 11 is 0. The summed E-state index contributed by atoms with van der Waals surface area (Å²) in [5.41, 5.74) is 8.59. The minimum Gasteiger partial charge on any atom is -0.398 e. The highest BCUT2D eigenvalue weighted by molar-refractivity contribution is 5.72. The van der Waals surface area contributed by atoms with E-state index >= 15 is 0 Å². The highest BCUT2D eigenvalue weighted by Crippen LogP contribution is 2.26. The molecule has 0 bridgehead atoms. The number of imidazole rings is 1. The third kappa shape index (κ3) is 2.27. The van der Waals surface area contributed by atoms with Crippen LogP contribution < -0.4 is 5.73 Å². The molecule has 0 aromatic carbocycles. The number of pyridine rings is 1. The van der Waals surface area contributed by atoms with Crippen LogP contribution in [-0.2, 0) is 6.54 Å². The molecule has 102 valence electrons. The van der Waals surface area contributed by atoms with Crippen LogP contribution in [0.4, 0.5) is 5.69 Å². The molecule has 20 heavy (non-hydrogen) atoms. The summed E-state index contributed by atoms with van der Waals surface area (Å²) in [4.78, 5) is 8.38. The monoisotopic (exact) mass is 268 g/mol. The fourth-order valence-electron chi connectivity index (χ4n) is 2.25. The fourth-order valence-corrected chi connectivity index (χ4v) is 2.25. The maximum absolute atomic E-state index is 6.02. The Morgan fingerprint density at radius 2 is 2.15 bits per heavy atom. The molecule has 0 spiro atoms. The Balaban J connectivity index is 1.92. The molecule has 1 atom stereocenters. The van der Waals surface area contributed by atoms with Gasteiger partial charge in [0.2, 0.25) is 0 Å². The average Bonchev–Trinajstić information content (AvgIpc) is 3.09. The van der Waals surface area contributed by atoms with Crippen LogP contribution in [0, 0.1) is 0 Å². The molecule has 0 aliphatic rings. The van der Waals surface area contributed by atoms with Crippen molar-refractivity contribution < 1.29 is 0 Å². The van der Waals surface area contributed by atoms with Crippen molar-refractivity contribution in [1.82, 2.24) is 24.3 Å². The summed E-state index contributed by atoms with van der Waals surface area (Å²) in [6, 6.07) is 3.93. The molecular formula is C14H16N6. The van der Waals surface area contributed by atoms with E-state index in [1.54, 1.807) is 24.7 Å². The summed E-state index contributed by atoms with van der Waals surface area (Å²) in [6.45, 7) is 2.90. The van der Waals surface area contributed by atoms with Crippen molar-refractivity contribution in [2.45, 2.75) is 19.5 Å². The molecule has 3 rings (SSSR count). The minimum absolute atomic E-state index is 0.215. The van der Waals surface area contributed by atoms with Crippen LogP contribution in [0.25, 0.3) is 11.3 Å². The predicted octanol–water partition coefficient (Wildman–Crippen LogP) is 1.98. The van der Waals surface area contributed by atoms with E-state index in [9.17, 15) is 0 Å². The summed E-state index contributed by atoms with van der Waals surface area (Å²) in [6.07, 6.45) is 10.8. The molecule has 2 N–H and O–H groups in total. The van der Waals surface area contributed by atoms with E-state index in [1.165, 1.54) is 0 Å². The van der Waals surface area contributed by atoms with E-state index in [0.29, 0.717) is 5.69 Å². The van der Waals surface area contributed by atoms with Gasteiger partial charge < -0.3 is 10.3 Å². The van der Waals surface area contributed by atoms with Crippen LogP contribution in [0.15, 0.2) is 49.4 Å². The Hall–Kier alpha value is -2.63. The normalized spacial score (nSPS) is 12.4. The molecule has 0 aliphatic heterocycles. The van der Waals surface area contributed by atoms with Crippen molar-refractivity contribution in [3.63, 3.8) is 0 Å². The molecule has 6 heteroatoms. The van der Waals surface area contributed by atoms with E-state index in [0.717, 1.165) is 17.8 Å². The quantitative estimate of drug-likeness (QED) is 0.785. The van der Waals surface area contributed by atoms with E-state index in [-0.39, 0.29) is 6.04 Å². The third-order valence-corrected chi connectivity index (χ3v) is 3.28. The van der Waals surface area contributed by atoms with Crippen LogP contribution in [0.5, 0.6) is 0 Å². The highest BCUT2D eigenvalue weighted by Gasteiger charge is 2.13. The smallest absolute Gasteiger partial charge is 0.0954 e. The lowest BCUT2D eigenvalue weighted by atomic mass is 10.1. The molecule has 0 amide bonds. The summed E-state index contributed by atoms with van der Waals surface area (Å²) in [7, 11) is 0. The first-order chi connectivity index (χ1) is 9.75. The topological polar surface area (TPSA) is 74.5 Å². The Labute approximate surface area is 116 Å². The molecule has 3 heterocycles. The molecule has 3 aromatic rings. The number of nitrogen functional groups attached to an aromatic ring is 1. The Morgan fingerprint density at radius 1 is 1.25 bits per heavy atom. The van der Waals surface area contributed by atoms with Crippen molar-refractivity contribution in [2.24, 2.45) is 0 Å². The van der Waals surface area contributed by atoms with Crippen molar-refractivity contribution in [3.8, 4) is 11.3 Å². The predicted molar refractivity (Wildman–Crippen MR) is 76.8 cm³/mol. The van der Waals surface area contributed by atoms with Gasteiger partial charge in [0.15, 0.2) is 0 Å². The zero-order valence-electron chi connectivity index (χ0n) is 11.2. The zero-order valence-corrected chi connectivity index (χ0v) is 11.2. The first-order valence-electron chi connectivity index (χ1n) is 6.45. The van der Waals surface area contributed by atoms with E-state index < -0.39 is 0 Å². The lowest BCUT2D eigenvalue weighted by Crippen LogP contribution is -2.14. The second-order valence-corrected chi connectivity index (χ2v) is 4.73. The lowest BCUT2D eigenvalue weighted by molar-refractivity contribution is 0.440. The molecule has 0 saturated carbocycles. The number of nitrogens with zero attached hydrogens (tertiary/aromatic N) is 5. The summed E-state index contributed by atoms with van der Waals surface area (Å²) in [5.74, 6) is 0. The number of rotatable bonds is 4. The SMILES string of the molecule is CC(Cn1cccn1)n1cncc1-c1cnccc1N. The van der Waals surface area contributed by atoms with Gasteiger partial charge in [-0.1, -0.05) is 0 Å². The van der Waals surface area contributed by atoms with Gasteiger partial charge in [-0.15, -0.1) is 0 Å². The first kappa shape index (κ1) is 12.4. The standard InChI is InChI=1S/C14H16N6/c1-11(9-19-6-2-4-18-19)20-10-17-8-14(20)12-7-16-5-3-13(12)15/h2-8,10-11H,9H2,1H3,(H2,15,16). The number of nitrogens with two attached hydrogens (primary N) is 1. The van der Waals surface area contributed by atoms with Gasteiger partial charge in [-0.2, -0.15) is 5.10 Å². The second kappa shape index (κ2) is 5.16. The van der Waals surface area contributed by atoms with Gasteiger partial charge in [0.1, 0.15) is 0 Å². The Kier molecular flexibility index (Phi) is 3.20. The maximum Gasteiger partial charge on any atom is 0.0954 e. The van der Waals surface area contributed by atoms with Crippen molar-refractivity contribution >= 4 is 5.69 Å². The van der Waals surface area contributed by atoms with Crippen molar-refractivity contribution in [2.75, 3.05) is 5.73 Å². The van der Waals surface area contributed by atoms with Crippen LogP contribution in [0.3, 0.4) is 0 Å². The number of hydrogen-bond donors (Lipinski definition) is 1.